The first kappa shape index (κ1) is 25.2. The van der Waals surface area contributed by atoms with Gasteiger partial charge in [-0.05, 0) is 74.6 Å². The van der Waals surface area contributed by atoms with Crippen molar-refractivity contribution in [3.05, 3.63) is 48.0 Å². The van der Waals surface area contributed by atoms with E-state index in [0.717, 1.165) is 32.1 Å². The molecule has 2 aromatic rings. The Labute approximate surface area is 216 Å². The van der Waals surface area contributed by atoms with Crippen LogP contribution in [-0.2, 0) is 19.6 Å². The molecule has 0 spiro atoms. The topological polar surface area (TPSA) is 116 Å². The summed E-state index contributed by atoms with van der Waals surface area (Å²) in [4.78, 5) is 41.7. The first-order valence-electron chi connectivity index (χ1n) is 12.6. The number of rotatable bonds is 6. The van der Waals surface area contributed by atoms with Crippen LogP contribution in [0.3, 0.4) is 0 Å². The smallest absolute Gasteiger partial charge is 0.265 e. The molecule has 196 valence electrons. The molecule has 0 aromatic heterocycles. The number of sulfonamides is 1. The molecule has 0 saturated carbocycles. The van der Waals surface area contributed by atoms with E-state index >= 15 is 0 Å². The van der Waals surface area contributed by atoms with Gasteiger partial charge in [-0.1, -0.05) is 0 Å². The predicted octanol–water partition coefficient (Wildman–Crippen LogP) is 2.46. The van der Waals surface area contributed by atoms with Gasteiger partial charge in [-0.3, -0.25) is 19.3 Å². The van der Waals surface area contributed by atoms with Gasteiger partial charge in [-0.25, -0.2) is 8.42 Å². The van der Waals surface area contributed by atoms with Crippen LogP contribution >= 0.6 is 0 Å². The van der Waals surface area contributed by atoms with Gasteiger partial charge in [0.25, 0.3) is 11.8 Å². The number of hydrogen-bond acceptors (Lipinski definition) is 6. The zero-order valence-corrected chi connectivity index (χ0v) is 21.3. The third-order valence-corrected chi connectivity index (χ3v) is 8.89. The predicted molar refractivity (Wildman–Crippen MR) is 137 cm³/mol. The molecule has 0 radical (unpaired) electrons. The van der Waals surface area contributed by atoms with Gasteiger partial charge in [0.1, 0.15) is 12.3 Å². The SMILES string of the molecule is O=C(Nc1ccc2c(c1)N(CC(=O)N1CCCCC1)C(=O)CO2)c1ccc(S(=O)(=O)N2CCCC2)cc1. The zero-order valence-electron chi connectivity index (χ0n) is 20.5. The second kappa shape index (κ2) is 10.5. The molecule has 3 amide bonds. The standard InChI is InChI=1S/C26H30N4O6S/c31-24(28-12-2-1-3-13-28)17-30-22-16-20(8-11-23(22)36-18-25(30)32)27-26(33)19-6-9-21(10-7-19)37(34,35)29-14-4-5-15-29/h6-11,16H,1-5,12-15,17-18H2,(H,27,33). The molecule has 2 aromatic carbocycles. The van der Waals surface area contributed by atoms with E-state index in [4.69, 9.17) is 4.74 Å². The van der Waals surface area contributed by atoms with Crippen molar-refractivity contribution in [3.63, 3.8) is 0 Å². The van der Waals surface area contributed by atoms with Crippen molar-refractivity contribution < 1.29 is 27.5 Å². The fourth-order valence-electron chi connectivity index (χ4n) is 4.89. The zero-order chi connectivity index (χ0) is 26.0. The lowest BCUT2D eigenvalue weighted by Gasteiger charge is -2.33. The van der Waals surface area contributed by atoms with E-state index in [1.807, 2.05) is 0 Å². The van der Waals surface area contributed by atoms with Gasteiger partial charge in [-0.2, -0.15) is 4.31 Å². The third kappa shape index (κ3) is 5.33. The minimum atomic E-state index is -3.56. The van der Waals surface area contributed by atoms with Crippen LogP contribution < -0.4 is 15.0 Å². The molecule has 0 atom stereocenters. The molecular formula is C26H30N4O6S. The van der Waals surface area contributed by atoms with Gasteiger partial charge in [-0.15, -0.1) is 0 Å². The highest BCUT2D eigenvalue weighted by molar-refractivity contribution is 7.89. The Morgan fingerprint density at radius 3 is 2.27 bits per heavy atom. The number of carbonyl (C=O) groups is 3. The van der Waals surface area contributed by atoms with Gasteiger partial charge in [0, 0.05) is 37.4 Å². The quantitative estimate of drug-likeness (QED) is 0.618. The number of likely N-dealkylation sites (tertiary alicyclic amines) is 1. The number of piperidine rings is 1. The van der Waals surface area contributed by atoms with Crippen LogP contribution in [0.1, 0.15) is 42.5 Å². The van der Waals surface area contributed by atoms with Crippen molar-refractivity contribution in [1.29, 1.82) is 0 Å². The van der Waals surface area contributed by atoms with E-state index in [1.54, 1.807) is 23.1 Å². The first-order valence-corrected chi connectivity index (χ1v) is 14.0. The molecule has 3 aliphatic rings. The lowest BCUT2D eigenvalue weighted by Crippen LogP contribution is -2.47. The number of amides is 3. The Bertz CT molecular complexity index is 1300. The Balaban J connectivity index is 1.30. The average molecular weight is 527 g/mol. The summed E-state index contributed by atoms with van der Waals surface area (Å²) in [5.74, 6) is -0.403. The van der Waals surface area contributed by atoms with Crippen molar-refractivity contribution in [3.8, 4) is 5.75 Å². The number of anilines is 2. The molecule has 3 aliphatic heterocycles. The number of hydrogen-bond donors (Lipinski definition) is 1. The Morgan fingerprint density at radius 1 is 0.892 bits per heavy atom. The van der Waals surface area contributed by atoms with Crippen LogP contribution in [0, 0.1) is 0 Å². The maximum Gasteiger partial charge on any atom is 0.265 e. The lowest BCUT2D eigenvalue weighted by atomic mass is 10.1. The Kier molecular flexibility index (Phi) is 7.16. The number of fused-ring (bicyclic) bond motifs is 1. The highest BCUT2D eigenvalue weighted by atomic mass is 32.2. The van der Waals surface area contributed by atoms with Gasteiger partial charge in [0.2, 0.25) is 15.9 Å². The van der Waals surface area contributed by atoms with Crippen LogP contribution in [-0.4, -0.2) is 74.7 Å². The van der Waals surface area contributed by atoms with Crippen molar-refractivity contribution >= 4 is 39.1 Å². The highest BCUT2D eigenvalue weighted by Gasteiger charge is 2.30. The molecule has 0 bridgehead atoms. The first-order chi connectivity index (χ1) is 17.8. The summed E-state index contributed by atoms with van der Waals surface area (Å²) in [6, 6.07) is 10.8. The average Bonchev–Trinajstić information content (AvgIpc) is 3.47. The molecule has 2 fully saturated rings. The van der Waals surface area contributed by atoms with E-state index in [9.17, 15) is 22.8 Å². The normalized spacial score (nSPS) is 18.3. The Morgan fingerprint density at radius 2 is 1.57 bits per heavy atom. The van der Waals surface area contributed by atoms with Gasteiger partial charge in [0.05, 0.1) is 10.6 Å². The summed E-state index contributed by atoms with van der Waals surface area (Å²) >= 11 is 0. The van der Waals surface area contributed by atoms with E-state index in [1.165, 1.54) is 33.5 Å². The molecule has 1 N–H and O–H groups in total. The molecule has 3 heterocycles. The molecule has 10 nitrogen and oxygen atoms in total. The minimum absolute atomic E-state index is 0.0838. The molecule has 5 rings (SSSR count). The number of nitrogens with zero attached hydrogens (tertiary/aromatic N) is 3. The van der Waals surface area contributed by atoms with Crippen molar-refractivity contribution in [2.75, 3.05) is 49.5 Å². The highest BCUT2D eigenvalue weighted by Crippen LogP contribution is 2.35. The summed E-state index contributed by atoms with van der Waals surface area (Å²) in [5.41, 5.74) is 1.14. The van der Waals surface area contributed by atoms with E-state index in [2.05, 4.69) is 5.32 Å². The fourth-order valence-corrected chi connectivity index (χ4v) is 6.41. The van der Waals surface area contributed by atoms with Gasteiger partial charge < -0.3 is 15.0 Å². The maximum absolute atomic E-state index is 12.9. The largest absolute Gasteiger partial charge is 0.482 e. The van der Waals surface area contributed by atoms with Crippen LogP contribution in [0.5, 0.6) is 5.75 Å². The number of carbonyl (C=O) groups excluding carboxylic acids is 3. The lowest BCUT2D eigenvalue weighted by molar-refractivity contribution is -0.132. The number of ether oxygens (including phenoxy) is 1. The van der Waals surface area contributed by atoms with Crippen LogP contribution in [0.4, 0.5) is 11.4 Å². The molecule has 11 heteroatoms. The van der Waals surface area contributed by atoms with Crippen molar-refractivity contribution in [2.45, 2.75) is 37.0 Å². The van der Waals surface area contributed by atoms with Crippen LogP contribution in [0.2, 0.25) is 0 Å². The molecule has 0 unspecified atom stereocenters. The summed E-state index contributed by atoms with van der Waals surface area (Å²) in [7, 11) is -3.56. The molecule has 0 aliphatic carbocycles. The summed E-state index contributed by atoms with van der Waals surface area (Å²) in [6.07, 6.45) is 4.71. The second-order valence-corrected chi connectivity index (χ2v) is 11.4. The van der Waals surface area contributed by atoms with Gasteiger partial charge >= 0.3 is 0 Å². The monoisotopic (exact) mass is 526 g/mol. The summed E-state index contributed by atoms with van der Waals surface area (Å²) < 4.78 is 32.5. The summed E-state index contributed by atoms with van der Waals surface area (Å²) in [5, 5.41) is 2.79. The second-order valence-electron chi connectivity index (χ2n) is 9.48. The summed E-state index contributed by atoms with van der Waals surface area (Å²) in [6.45, 7) is 2.17. The maximum atomic E-state index is 12.9. The van der Waals surface area contributed by atoms with E-state index < -0.39 is 15.9 Å². The molecule has 2 saturated heterocycles. The van der Waals surface area contributed by atoms with E-state index in [-0.39, 0.29) is 29.9 Å². The minimum Gasteiger partial charge on any atom is -0.482 e. The molecular weight excluding hydrogens is 496 g/mol. The van der Waals surface area contributed by atoms with Crippen LogP contribution in [0.15, 0.2) is 47.4 Å². The van der Waals surface area contributed by atoms with Crippen LogP contribution in [0.25, 0.3) is 0 Å². The number of nitrogens with one attached hydrogen (secondary N) is 1. The van der Waals surface area contributed by atoms with E-state index in [0.29, 0.717) is 48.9 Å². The van der Waals surface area contributed by atoms with Crippen molar-refractivity contribution in [1.82, 2.24) is 9.21 Å². The van der Waals surface area contributed by atoms with Crippen molar-refractivity contribution in [2.24, 2.45) is 0 Å². The Hall–Kier alpha value is -3.44. The molecule has 37 heavy (non-hydrogen) atoms. The third-order valence-electron chi connectivity index (χ3n) is 6.98. The fraction of sp³-hybridized carbons (Fsp3) is 0.423. The number of benzene rings is 2. The van der Waals surface area contributed by atoms with Gasteiger partial charge in [0.15, 0.2) is 6.61 Å².